The summed E-state index contributed by atoms with van der Waals surface area (Å²) in [7, 11) is 1.30. The molecule has 2 aliphatic rings. The molecule has 5 nitrogen and oxygen atoms in total. The summed E-state index contributed by atoms with van der Waals surface area (Å²) in [6.45, 7) is 0. The van der Waals surface area contributed by atoms with Crippen LogP contribution in [-0.2, 0) is 14.3 Å². The highest BCUT2D eigenvalue weighted by Crippen LogP contribution is 2.42. The molecule has 15 heavy (non-hydrogen) atoms. The van der Waals surface area contributed by atoms with Crippen LogP contribution >= 0.6 is 0 Å². The number of aliphatic hydroxyl groups is 2. The third-order valence-electron chi connectivity index (χ3n) is 3.11. The molecule has 1 aliphatic heterocycles. The highest BCUT2D eigenvalue weighted by Gasteiger charge is 2.45. The lowest BCUT2D eigenvalue weighted by molar-refractivity contribution is -0.142. The smallest absolute Gasteiger partial charge is 0.337 e. The van der Waals surface area contributed by atoms with E-state index in [9.17, 15) is 15.0 Å². The number of carbonyl (C=O) groups is 1. The average molecular weight is 214 g/mol. The van der Waals surface area contributed by atoms with Gasteiger partial charge in [0, 0.05) is 11.8 Å². The van der Waals surface area contributed by atoms with Gasteiger partial charge in [-0.1, -0.05) is 0 Å². The maximum absolute atomic E-state index is 11.4. The van der Waals surface area contributed by atoms with Crippen LogP contribution in [0.2, 0.25) is 0 Å². The van der Waals surface area contributed by atoms with Gasteiger partial charge in [-0.2, -0.15) is 0 Å². The molecule has 0 amide bonds. The molecule has 0 aromatic carbocycles. The lowest BCUT2D eigenvalue weighted by Crippen LogP contribution is -2.33. The van der Waals surface area contributed by atoms with Crippen LogP contribution in [0, 0.1) is 11.8 Å². The van der Waals surface area contributed by atoms with E-state index in [4.69, 9.17) is 4.74 Å². The third-order valence-corrected chi connectivity index (χ3v) is 3.11. The van der Waals surface area contributed by atoms with Crippen LogP contribution in [-0.4, -0.2) is 35.7 Å². The quantitative estimate of drug-likeness (QED) is 0.590. The summed E-state index contributed by atoms with van der Waals surface area (Å²) in [4.78, 5) is 11.4. The standard InChI is InChI=1S/C10H14O5/c1-14-9(12)8-4-15-10(13)7-3-5(11)2-6(7)8/h4-7,10-11,13H,2-3H2,1H3/t5-,6-,7+,10?/m0/s1. The van der Waals surface area contributed by atoms with Gasteiger partial charge in [-0.25, -0.2) is 4.79 Å². The Kier molecular flexibility index (Phi) is 2.67. The van der Waals surface area contributed by atoms with Gasteiger partial charge in [0.15, 0.2) is 6.29 Å². The van der Waals surface area contributed by atoms with Gasteiger partial charge in [0.05, 0.1) is 25.0 Å². The predicted octanol–water partition coefficient (Wildman–Crippen LogP) is -0.221. The van der Waals surface area contributed by atoms with Crippen molar-refractivity contribution in [1.82, 2.24) is 0 Å². The van der Waals surface area contributed by atoms with Crippen LogP contribution in [0.5, 0.6) is 0 Å². The highest BCUT2D eigenvalue weighted by atomic mass is 16.6. The monoisotopic (exact) mass is 214 g/mol. The van der Waals surface area contributed by atoms with E-state index in [-0.39, 0.29) is 11.8 Å². The van der Waals surface area contributed by atoms with Crippen LogP contribution in [0.25, 0.3) is 0 Å². The number of fused-ring (bicyclic) bond motifs is 1. The first-order chi connectivity index (χ1) is 7.13. The molecule has 0 spiro atoms. The number of ether oxygens (including phenoxy) is 2. The summed E-state index contributed by atoms with van der Waals surface area (Å²) in [5.74, 6) is -0.818. The molecular weight excluding hydrogens is 200 g/mol. The summed E-state index contributed by atoms with van der Waals surface area (Å²) < 4.78 is 9.58. The van der Waals surface area contributed by atoms with Gasteiger partial charge >= 0.3 is 5.97 Å². The van der Waals surface area contributed by atoms with E-state index in [1.54, 1.807) is 0 Å². The number of methoxy groups -OCH3 is 1. The van der Waals surface area contributed by atoms with Crippen molar-refractivity contribution >= 4 is 5.97 Å². The minimum atomic E-state index is -0.930. The van der Waals surface area contributed by atoms with Gasteiger partial charge in [-0.05, 0) is 12.8 Å². The van der Waals surface area contributed by atoms with E-state index < -0.39 is 18.4 Å². The Labute approximate surface area is 87.3 Å². The van der Waals surface area contributed by atoms with Crippen molar-refractivity contribution in [3.05, 3.63) is 11.8 Å². The van der Waals surface area contributed by atoms with E-state index in [1.165, 1.54) is 13.4 Å². The Balaban J connectivity index is 2.22. The number of hydrogen-bond acceptors (Lipinski definition) is 5. The van der Waals surface area contributed by atoms with Crippen LogP contribution in [0.4, 0.5) is 0 Å². The summed E-state index contributed by atoms with van der Waals surface area (Å²) in [6, 6.07) is 0. The maximum Gasteiger partial charge on any atom is 0.337 e. The fourth-order valence-corrected chi connectivity index (χ4v) is 2.36. The molecule has 84 valence electrons. The molecule has 1 aliphatic carbocycles. The molecule has 1 saturated carbocycles. The molecule has 0 aromatic heterocycles. The van der Waals surface area contributed by atoms with Crippen molar-refractivity contribution in [2.24, 2.45) is 11.8 Å². The van der Waals surface area contributed by atoms with Gasteiger partial charge < -0.3 is 19.7 Å². The first-order valence-electron chi connectivity index (χ1n) is 4.93. The van der Waals surface area contributed by atoms with Crippen LogP contribution in [0.1, 0.15) is 12.8 Å². The van der Waals surface area contributed by atoms with Crippen molar-refractivity contribution in [3.63, 3.8) is 0 Å². The Morgan fingerprint density at radius 3 is 2.93 bits per heavy atom. The predicted molar refractivity (Wildman–Crippen MR) is 49.4 cm³/mol. The summed E-state index contributed by atoms with van der Waals surface area (Å²) in [5, 5.41) is 19.0. The van der Waals surface area contributed by atoms with E-state index in [0.717, 1.165) is 0 Å². The van der Waals surface area contributed by atoms with Gasteiger partial charge in [-0.15, -0.1) is 0 Å². The molecule has 0 bridgehead atoms. The lowest BCUT2D eigenvalue weighted by Gasteiger charge is -2.29. The molecule has 4 atom stereocenters. The van der Waals surface area contributed by atoms with Gasteiger partial charge in [-0.3, -0.25) is 0 Å². The van der Waals surface area contributed by atoms with Gasteiger partial charge in [0.2, 0.25) is 0 Å². The first kappa shape index (κ1) is 10.4. The number of aliphatic hydroxyl groups excluding tert-OH is 2. The normalized spacial score (nSPS) is 39.0. The zero-order chi connectivity index (χ0) is 11.0. The Hall–Kier alpha value is -1.07. The Morgan fingerprint density at radius 1 is 1.53 bits per heavy atom. The zero-order valence-corrected chi connectivity index (χ0v) is 8.42. The van der Waals surface area contributed by atoms with Gasteiger partial charge in [0.1, 0.15) is 0 Å². The maximum atomic E-state index is 11.4. The Bertz CT molecular complexity index is 298. The van der Waals surface area contributed by atoms with E-state index in [2.05, 4.69) is 4.74 Å². The van der Waals surface area contributed by atoms with Crippen molar-refractivity contribution in [2.75, 3.05) is 7.11 Å². The molecule has 1 unspecified atom stereocenters. The molecule has 2 N–H and O–H groups in total. The molecule has 0 saturated heterocycles. The molecule has 1 fully saturated rings. The second-order valence-corrected chi connectivity index (χ2v) is 3.99. The number of rotatable bonds is 1. The SMILES string of the molecule is COC(=O)C1=COC(O)[C@@H]2C[C@@H](O)C[C@H]12. The van der Waals surface area contributed by atoms with Crippen molar-refractivity contribution in [3.8, 4) is 0 Å². The fourth-order valence-electron chi connectivity index (χ4n) is 2.36. The van der Waals surface area contributed by atoms with Gasteiger partial charge in [0.25, 0.3) is 0 Å². The minimum absolute atomic E-state index is 0.156. The molecule has 2 rings (SSSR count). The van der Waals surface area contributed by atoms with E-state index in [1.807, 2.05) is 0 Å². The number of esters is 1. The van der Waals surface area contributed by atoms with Crippen molar-refractivity contribution in [2.45, 2.75) is 25.2 Å². The molecular formula is C10H14O5. The molecule has 0 radical (unpaired) electrons. The molecule has 0 aromatic rings. The second kappa shape index (κ2) is 3.83. The van der Waals surface area contributed by atoms with Crippen molar-refractivity contribution < 1.29 is 24.5 Å². The summed E-state index contributed by atoms with van der Waals surface area (Å²) in [6.07, 6.45) is 0.770. The zero-order valence-electron chi connectivity index (χ0n) is 8.42. The number of carbonyl (C=O) groups excluding carboxylic acids is 1. The largest absolute Gasteiger partial charge is 0.472 e. The van der Waals surface area contributed by atoms with Crippen molar-refractivity contribution in [1.29, 1.82) is 0 Å². The van der Waals surface area contributed by atoms with E-state index >= 15 is 0 Å². The molecule has 1 heterocycles. The minimum Gasteiger partial charge on any atom is -0.472 e. The summed E-state index contributed by atoms with van der Waals surface area (Å²) in [5.41, 5.74) is 0.407. The van der Waals surface area contributed by atoms with Crippen LogP contribution in [0.15, 0.2) is 11.8 Å². The molecule has 5 heteroatoms. The second-order valence-electron chi connectivity index (χ2n) is 3.99. The fraction of sp³-hybridized carbons (Fsp3) is 0.700. The van der Waals surface area contributed by atoms with Crippen LogP contribution in [0.3, 0.4) is 0 Å². The summed E-state index contributed by atoms with van der Waals surface area (Å²) >= 11 is 0. The lowest BCUT2D eigenvalue weighted by atomic mass is 9.87. The Morgan fingerprint density at radius 2 is 2.27 bits per heavy atom. The number of hydrogen-bond donors (Lipinski definition) is 2. The average Bonchev–Trinajstić information content (AvgIpc) is 2.60. The highest BCUT2D eigenvalue weighted by molar-refractivity contribution is 5.89. The topological polar surface area (TPSA) is 76.0 Å². The third kappa shape index (κ3) is 1.72. The van der Waals surface area contributed by atoms with E-state index in [0.29, 0.717) is 18.4 Å². The van der Waals surface area contributed by atoms with Crippen LogP contribution < -0.4 is 0 Å². The first-order valence-corrected chi connectivity index (χ1v) is 4.93.